The number of non-ortho nitro benzene ring substituents is 1. The van der Waals surface area contributed by atoms with Crippen molar-refractivity contribution in [2.45, 2.75) is 0 Å². The number of thiazole rings is 1. The molecular formula is C18H15N3O4S. The van der Waals surface area contributed by atoms with E-state index in [-0.39, 0.29) is 5.69 Å². The van der Waals surface area contributed by atoms with Crippen molar-refractivity contribution in [1.29, 1.82) is 0 Å². The lowest BCUT2D eigenvalue weighted by Crippen LogP contribution is -2.12. The van der Waals surface area contributed by atoms with E-state index in [0.29, 0.717) is 10.4 Å². The Hall–Kier alpha value is -3.26. The topological polar surface area (TPSA) is 86.7 Å². The number of amides is 1. The maximum Gasteiger partial charge on any atom is 0.272 e. The summed E-state index contributed by atoms with van der Waals surface area (Å²) in [5.74, 6) is 0.341. The average Bonchev–Trinajstić information content (AvgIpc) is 2.95. The molecule has 7 nitrogen and oxygen atoms in total. The molecular weight excluding hydrogens is 354 g/mol. The molecule has 3 aromatic rings. The summed E-state index contributed by atoms with van der Waals surface area (Å²) in [6.07, 6.45) is 2.91. The Morgan fingerprint density at radius 2 is 2.00 bits per heavy atom. The molecule has 1 heterocycles. The van der Waals surface area contributed by atoms with Crippen LogP contribution in [0.1, 0.15) is 5.56 Å². The Labute approximate surface area is 152 Å². The minimum atomic E-state index is -0.468. The fraction of sp³-hybridized carbons (Fsp3) is 0.111. The lowest BCUT2D eigenvalue weighted by atomic mass is 10.2. The zero-order valence-corrected chi connectivity index (χ0v) is 14.9. The number of hydrogen-bond donors (Lipinski definition) is 0. The molecule has 2 aromatic carbocycles. The first-order chi connectivity index (χ1) is 12.5. The summed E-state index contributed by atoms with van der Waals surface area (Å²) in [7, 11) is 3.45. The van der Waals surface area contributed by atoms with E-state index in [4.69, 9.17) is 4.74 Å². The van der Waals surface area contributed by atoms with Crippen molar-refractivity contribution in [3.8, 4) is 5.75 Å². The minimum absolute atomic E-state index is 0.00546. The van der Waals surface area contributed by atoms with Gasteiger partial charge < -0.3 is 9.30 Å². The number of nitro groups is 1. The van der Waals surface area contributed by atoms with Crippen LogP contribution in [0.4, 0.5) is 5.69 Å². The molecule has 0 N–H and O–H groups in total. The predicted molar refractivity (Wildman–Crippen MR) is 100 cm³/mol. The minimum Gasteiger partial charge on any atom is -0.497 e. The first-order valence-electron chi connectivity index (χ1n) is 7.63. The van der Waals surface area contributed by atoms with Gasteiger partial charge in [-0.15, -0.1) is 0 Å². The molecule has 1 aromatic heterocycles. The number of rotatable bonds is 4. The predicted octanol–water partition coefficient (Wildman–Crippen LogP) is 3.30. The number of methoxy groups -OCH3 is 1. The lowest BCUT2D eigenvalue weighted by Gasteiger charge is -1.99. The molecule has 0 atom stereocenters. The molecule has 26 heavy (non-hydrogen) atoms. The Kier molecular flexibility index (Phi) is 4.94. The lowest BCUT2D eigenvalue weighted by molar-refractivity contribution is -0.384. The number of nitrogens with zero attached hydrogens (tertiary/aromatic N) is 3. The number of nitro benzene ring substituents is 1. The maximum absolute atomic E-state index is 12.1. The number of carbonyl (C=O) groups excluding carboxylic acids is 1. The molecule has 0 saturated heterocycles. The summed E-state index contributed by atoms with van der Waals surface area (Å²) in [5.41, 5.74) is 1.65. The Balaban J connectivity index is 1.85. The molecule has 0 bridgehead atoms. The molecule has 0 fully saturated rings. The van der Waals surface area contributed by atoms with E-state index in [2.05, 4.69) is 4.99 Å². The standard InChI is InChI=1S/C18H15N3O4S/c1-20-15-9-8-14(25-2)11-16(15)26-18(20)19-17(22)10-5-12-3-6-13(7-4-12)21(23)24/h3-11H,1-2H3. The molecule has 0 unspecified atom stereocenters. The van der Waals surface area contributed by atoms with E-state index < -0.39 is 10.8 Å². The van der Waals surface area contributed by atoms with Crippen molar-refractivity contribution < 1.29 is 14.5 Å². The Morgan fingerprint density at radius 1 is 1.27 bits per heavy atom. The summed E-state index contributed by atoms with van der Waals surface area (Å²) >= 11 is 1.40. The van der Waals surface area contributed by atoms with Crippen LogP contribution in [0.2, 0.25) is 0 Å². The van der Waals surface area contributed by atoms with Gasteiger partial charge in [0.25, 0.3) is 11.6 Å². The zero-order valence-electron chi connectivity index (χ0n) is 14.1. The number of aryl methyl sites for hydroxylation is 1. The largest absolute Gasteiger partial charge is 0.497 e. The average molecular weight is 369 g/mol. The van der Waals surface area contributed by atoms with Crippen molar-refractivity contribution in [3.05, 3.63) is 69.0 Å². The Morgan fingerprint density at radius 3 is 2.65 bits per heavy atom. The van der Waals surface area contributed by atoms with Crippen molar-refractivity contribution in [3.63, 3.8) is 0 Å². The fourth-order valence-electron chi connectivity index (χ4n) is 2.35. The van der Waals surface area contributed by atoms with Gasteiger partial charge in [0.15, 0.2) is 4.80 Å². The normalized spacial score (nSPS) is 12.0. The number of aromatic nitrogens is 1. The molecule has 0 saturated carbocycles. The van der Waals surface area contributed by atoms with Crippen LogP contribution in [0, 0.1) is 10.1 Å². The fourth-order valence-corrected chi connectivity index (χ4v) is 3.41. The third kappa shape index (κ3) is 3.70. The van der Waals surface area contributed by atoms with Crippen LogP contribution in [-0.2, 0) is 11.8 Å². The van der Waals surface area contributed by atoms with Crippen molar-refractivity contribution in [2.24, 2.45) is 12.0 Å². The van der Waals surface area contributed by atoms with Gasteiger partial charge in [-0.2, -0.15) is 4.99 Å². The van der Waals surface area contributed by atoms with Gasteiger partial charge in [-0.1, -0.05) is 11.3 Å². The third-order valence-corrected chi connectivity index (χ3v) is 4.84. The van der Waals surface area contributed by atoms with Gasteiger partial charge in [0.05, 0.1) is 22.2 Å². The second kappa shape index (κ2) is 7.32. The van der Waals surface area contributed by atoms with Crippen LogP contribution < -0.4 is 9.54 Å². The summed E-state index contributed by atoms with van der Waals surface area (Å²) in [6, 6.07) is 11.6. The monoisotopic (exact) mass is 369 g/mol. The molecule has 1 amide bonds. The SMILES string of the molecule is COc1ccc2c(c1)sc(=NC(=O)C=Cc1ccc([N+](=O)[O-])cc1)n2C. The molecule has 132 valence electrons. The van der Waals surface area contributed by atoms with Gasteiger partial charge in [-0.25, -0.2) is 0 Å². The first-order valence-corrected chi connectivity index (χ1v) is 8.44. The molecule has 0 aliphatic carbocycles. The number of fused-ring (bicyclic) bond motifs is 1. The van der Waals surface area contributed by atoms with E-state index in [0.717, 1.165) is 16.0 Å². The van der Waals surface area contributed by atoms with Gasteiger partial charge in [-0.3, -0.25) is 14.9 Å². The highest BCUT2D eigenvalue weighted by atomic mass is 32.1. The van der Waals surface area contributed by atoms with E-state index in [1.165, 1.54) is 29.5 Å². The summed E-state index contributed by atoms with van der Waals surface area (Å²) < 4.78 is 8.02. The quantitative estimate of drug-likeness (QED) is 0.401. The molecule has 0 aliphatic heterocycles. The number of ether oxygens (including phenoxy) is 1. The number of hydrogen-bond acceptors (Lipinski definition) is 5. The van der Waals surface area contributed by atoms with Crippen LogP contribution in [0.3, 0.4) is 0 Å². The highest BCUT2D eigenvalue weighted by Crippen LogP contribution is 2.22. The van der Waals surface area contributed by atoms with Crippen LogP contribution in [-0.4, -0.2) is 22.5 Å². The van der Waals surface area contributed by atoms with Crippen LogP contribution in [0.25, 0.3) is 16.3 Å². The summed E-state index contributed by atoms with van der Waals surface area (Å²) in [6.45, 7) is 0. The molecule has 3 rings (SSSR count). The van der Waals surface area contributed by atoms with Crippen molar-refractivity contribution in [1.82, 2.24) is 4.57 Å². The second-order valence-electron chi connectivity index (χ2n) is 5.41. The van der Waals surface area contributed by atoms with Gasteiger partial charge >= 0.3 is 0 Å². The molecule has 0 radical (unpaired) electrons. The maximum atomic E-state index is 12.1. The van der Waals surface area contributed by atoms with Gasteiger partial charge in [0.1, 0.15) is 5.75 Å². The van der Waals surface area contributed by atoms with Gasteiger partial charge in [0, 0.05) is 25.3 Å². The second-order valence-corrected chi connectivity index (χ2v) is 6.42. The van der Waals surface area contributed by atoms with Crippen molar-refractivity contribution in [2.75, 3.05) is 7.11 Å². The molecule has 0 aliphatic rings. The molecule has 8 heteroatoms. The number of carbonyl (C=O) groups is 1. The van der Waals surface area contributed by atoms with Gasteiger partial charge in [-0.05, 0) is 42.0 Å². The molecule has 0 spiro atoms. The summed E-state index contributed by atoms with van der Waals surface area (Å²) in [5, 5.41) is 10.6. The van der Waals surface area contributed by atoms with Crippen LogP contribution >= 0.6 is 11.3 Å². The van der Waals surface area contributed by atoms with E-state index in [9.17, 15) is 14.9 Å². The van der Waals surface area contributed by atoms with E-state index in [1.807, 2.05) is 29.8 Å². The van der Waals surface area contributed by atoms with Gasteiger partial charge in [0.2, 0.25) is 0 Å². The van der Waals surface area contributed by atoms with Crippen LogP contribution in [0.5, 0.6) is 5.75 Å². The van der Waals surface area contributed by atoms with E-state index in [1.54, 1.807) is 25.3 Å². The summed E-state index contributed by atoms with van der Waals surface area (Å²) in [4.78, 5) is 27.0. The smallest absolute Gasteiger partial charge is 0.272 e. The van der Waals surface area contributed by atoms with Crippen molar-refractivity contribution >= 4 is 39.2 Å². The third-order valence-electron chi connectivity index (χ3n) is 3.74. The first kappa shape index (κ1) is 17.6. The van der Waals surface area contributed by atoms with Crippen LogP contribution in [0.15, 0.2) is 53.5 Å². The Bertz CT molecular complexity index is 1080. The highest BCUT2D eigenvalue weighted by molar-refractivity contribution is 7.16. The number of benzene rings is 2. The zero-order chi connectivity index (χ0) is 18.7. The van der Waals surface area contributed by atoms with E-state index >= 15 is 0 Å². The highest BCUT2D eigenvalue weighted by Gasteiger charge is 2.06.